The van der Waals surface area contributed by atoms with E-state index in [0.717, 1.165) is 11.6 Å². The number of amides is 2. The SMILES string of the molecule is O=C(NCCCc1ccc(Cl)c(Cl)c1)C1=C(O)C(=O)N(c2cc(F)cc(C(F)(F)F)c2)C1. The lowest BCUT2D eigenvalue weighted by Gasteiger charge is -2.18. The normalized spacial score (nSPS) is 14.3. The van der Waals surface area contributed by atoms with Crippen LogP contribution in [0.25, 0.3) is 0 Å². The maximum absolute atomic E-state index is 13.7. The van der Waals surface area contributed by atoms with Gasteiger partial charge in [0.15, 0.2) is 5.76 Å². The van der Waals surface area contributed by atoms with Crippen LogP contribution in [-0.2, 0) is 22.2 Å². The maximum atomic E-state index is 13.7. The maximum Gasteiger partial charge on any atom is 0.416 e. The van der Waals surface area contributed by atoms with E-state index < -0.39 is 47.4 Å². The Morgan fingerprint density at radius 2 is 1.84 bits per heavy atom. The second-order valence-corrected chi connectivity index (χ2v) is 7.84. The second kappa shape index (κ2) is 9.38. The van der Waals surface area contributed by atoms with Crippen LogP contribution >= 0.6 is 23.2 Å². The lowest BCUT2D eigenvalue weighted by molar-refractivity contribution is -0.137. The molecule has 0 unspecified atom stereocenters. The number of aliphatic hydroxyl groups excluding tert-OH is 1. The van der Waals surface area contributed by atoms with E-state index >= 15 is 0 Å². The molecule has 2 aromatic rings. The van der Waals surface area contributed by atoms with Crippen LogP contribution in [0.2, 0.25) is 10.0 Å². The van der Waals surface area contributed by atoms with Gasteiger partial charge in [0.2, 0.25) is 0 Å². The lowest BCUT2D eigenvalue weighted by atomic mass is 10.1. The highest BCUT2D eigenvalue weighted by molar-refractivity contribution is 6.42. The number of rotatable bonds is 6. The molecule has 2 aromatic carbocycles. The van der Waals surface area contributed by atoms with Crippen molar-refractivity contribution >= 4 is 40.7 Å². The molecule has 0 bridgehead atoms. The molecule has 1 aliphatic rings. The quantitative estimate of drug-likeness (QED) is 0.439. The van der Waals surface area contributed by atoms with Crippen LogP contribution < -0.4 is 10.2 Å². The van der Waals surface area contributed by atoms with Gasteiger partial charge in [-0.15, -0.1) is 0 Å². The third-order valence-corrected chi connectivity index (χ3v) is 5.50. The number of aliphatic hydroxyl groups is 1. The first-order valence-corrected chi connectivity index (χ1v) is 10.1. The summed E-state index contributed by atoms with van der Waals surface area (Å²) in [7, 11) is 0. The number of nitrogens with one attached hydrogen (secondary N) is 1. The van der Waals surface area contributed by atoms with Gasteiger partial charge in [0.05, 0.1) is 27.7 Å². The predicted molar refractivity (Wildman–Crippen MR) is 111 cm³/mol. The summed E-state index contributed by atoms with van der Waals surface area (Å²) in [5.74, 6) is -3.95. The molecule has 2 amide bonds. The largest absolute Gasteiger partial charge is 0.503 e. The van der Waals surface area contributed by atoms with Crippen molar-refractivity contribution in [2.45, 2.75) is 19.0 Å². The van der Waals surface area contributed by atoms with E-state index in [2.05, 4.69) is 5.32 Å². The molecule has 11 heteroatoms. The molecule has 3 rings (SSSR count). The molecular weight excluding hydrogens is 475 g/mol. The fraction of sp³-hybridized carbons (Fsp3) is 0.238. The second-order valence-electron chi connectivity index (χ2n) is 7.02. The summed E-state index contributed by atoms with van der Waals surface area (Å²) in [5, 5.41) is 13.4. The van der Waals surface area contributed by atoms with Gasteiger partial charge in [-0.05, 0) is 48.7 Å². The van der Waals surface area contributed by atoms with Gasteiger partial charge in [-0.25, -0.2) is 4.39 Å². The number of nitrogens with zero attached hydrogens (tertiary/aromatic N) is 1. The van der Waals surface area contributed by atoms with Crippen molar-refractivity contribution in [3.8, 4) is 0 Å². The summed E-state index contributed by atoms with van der Waals surface area (Å²) in [5.41, 5.74) is -1.14. The van der Waals surface area contributed by atoms with Gasteiger partial charge in [0.1, 0.15) is 5.82 Å². The first kappa shape index (κ1) is 23.9. The van der Waals surface area contributed by atoms with Crippen molar-refractivity contribution in [2.75, 3.05) is 18.0 Å². The molecule has 0 radical (unpaired) electrons. The summed E-state index contributed by atoms with van der Waals surface area (Å²) < 4.78 is 52.5. The van der Waals surface area contributed by atoms with Crippen molar-refractivity contribution in [1.82, 2.24) is 5.32 Å². The molecule has 0 saturated heterocycles. The Kier molecular flexibility index (Phi) is 7.00. The van der Waals surface area contributed by atoms with Crippen molar-refractivity contribution in [1.29, 1.82) is 0 Å². The predicted octanol–water partition coefficient (Wildman–Crippen LogP) is 5.06. The first-order valence-electron chi connectivity index (χ1n) is 9.31. The van der Waals surface area contributed by atoms with E-state index in [1.807, 2.05) is 0 Å². The van der Waals surface area contributed by atoms with Gasteiger partial charge in [0, 0.05) is 12.2 Å². The summed E-state index contributed by atoms with van der Waals surface area (Å²) in [6.07, 6.45) is -3.76. The van der Waals surface area contributed by atoms with E-state index in [-0.39, 0.29) is 12.1 Å². The van der Waals surface area contributed by atoms with E-state index in [1.165, 1.54) is 0 Å². The van der Waals surface area contributed by atoms with Crippen molar-refractivity contribution in [2.24, 2.45) is 0 Å². The average Bonchev–Trinajstić information content (AvgIpc) is 3.01. The Balaban J connectivity index is 1.63. The zero-order chi connectivity index (χ0) is 23.6. The van der Waals surface area contributed by atoms with Gasteiger partial charge in [-0.3, -0.25) is 9.59 Å². The molecule has 2 N–H and O–H groups in total. The molecular formula is C21H16Cl2F4N2O3. The van der Waals surface area contributed by atoms with Crippen LogP contribution in [0, 0.1) is 5.82 Å². The Hall–Kier alpha value is -2.78. The Morgan fingerprint density at radius 3 is 2.50 bits per heavy atom. The Labute approximate surface area is 190 Å². The van der Waals surface area contributed by atoms with Crippen LogP contribution in [0.1, 0.15) is 17.5 Å². The molecule has 0 aromatic heterocycles. The van der Waals surface area contributed by atoms with E-state index in [4.69, 9.17) is 23.2 Å². The first-order chi connectivity index (χ1) is 15.0. The fourth-order valence-corrected chi connectivity index (χ4v) is 3.46. The van der Waals surface area contributed by atoms with Crippen LogP contribution in [0.3, 0.4) is 0 Å². The number of aryl methyl sites for hydroxylation is 1. The zero-order valence-corrected chi connectivity index (χ0v) is 17.8. The highest BCUT2D eigenvalue weighted by Crippen LogP contribution is 2.34. The minimum Gasteiger partial charge on any atom is -0.503 e. The summed E-state index contributed by atoms with van der Waals surface area (Å²) in [6, 6.07) is 6.72. The number of carbonyl (C=O) groups excluding carboxylic acids is 2. The van der Waals surface area contributed by atoms with Gasteiger partial charge < -0.3 is 15.3 Å². The molecule has 32 heavy (non-hydrogen) atoms. The third-order valence-electron chi connectivity index (χ3n) is 4.76. The highest BCUT2D eigenvalue weighted by Gasteiger charge is 2.37. The minimum atomic E-state index is -4.83. The van der Waals surface area contributed by atoms with E-state index in [9.17, 15) is 32.3 Å². The topological polar surface area (TPSA) is 69.6 Å². The lowest BCUT2D eigenvalue weighted by Crippen LogP contribution is -2.31. The zero-order valence-electron chi connectivity index (χ0n) is 16.3. The van der Waals surface area contributed by atoms with Gasteiger partial charge in [0.25, 0.3) is 11.8 Å². The van der Waals surface area contributed by atoms with Crippen molar-refractivity contribution in [3.63, 3.8) is 0 Å². The van der Waals surface area contributed by atoms with Gasteiger partial charge in [-0.2, -0.15) is 13.2 Å². The molecule has 5 nitrogen and oxygen atoms in total. The Morgan fingerprint density at radius 1 is 1.12 bits per heavy atom. The fourth-order valence-electron chi connectivity index (χ4n) is 3.14. The molecule has 0 atom stereocenters. The molecule has 1 aliphatic heterocycles. The van der Waals surface area contributed by atoms with Crippen molar-refractivity contribution < 1.29 is 32.3 Å². The standard InChI is InChI=1S/C21H16Cl2F4N2O3/c22-16-4-3-11(6-17(16)23)2-1-5-28-19(31)15-10-29(20(32)18(15)30)14-8-12(21(25,26)27)7-13(24)9-14/h3-4,6-9,30H,1-2,5,10H2,(H,28,31). The van der Waals surface area contributed by atoms with Crippen LogP contribution in [0.5, 0.6) is 0 Å². The number of carbonyl (C=O) groups is 2. The number of alkyl halides is 3. The summed E-state index contributed by atoms with van der Waals surface area (Å²) >= 11 is 11.8. The number of hydrogen-bond acceptors (Lipinski definition) is 3. The van der Waals surface area contributed by atoms with E-state index in [1.54, 1.807) is 18.2 Å². The monoisotopic (exact) mass is 490 g/mol. The minimum absolute atomic E-state index is 0.197. The van der Waals surface area contributed by atoms with Gasteiger partial charge >= 0.3 is 6.18 Å². The third kappa shape index (κ3) is 5.34. The summed E-state index contributed by atoms with van der Waals surface area (Å²) in [4.78, 5) is 25.4. The smallest absolute Gasteiger partial charge is 0.416 e. The highest BCUT2D eigenvalue weighted by atomic mass is 35.5. The number of benzene rings is 2. The van der Waals surface area contributed by atoms with Crippen molar-refractivity contribution in [3.05, 3.63) is 74.7 Å². The average molecular weight is 491 g/mol. The molecule has 0 saturated carbocycles. The molecule has 170 valence electrons. The Bertz CT molecular complexity index is 1100. The van der Waals surface area contributed by atoms with Crippen LogP contribution in [0.15, 0.2) is 47.7 Å². The van der Waals surface area contributed by atoms with Gasteiger partial charge in [-0.1, -0.05) is 29.3 Å². The molecule has 1 heterocycles. The molecule has 0 aliphatic carbocycles. The van der Waals surface area contributed by atoms with E-state index in [0.29, 0.717) is 39.9 Å². The number of hydrogen-bond donors (Lipinski definition) is 2. The summed E-state index contributed by atoms with van der Waals surface area (Å²) in [6.45, 7) is -0.299. The molecule has 0 spiro atoms. The number of anilines is 1. The van der Waals surface area contributed by atoms with Crippen LogP contribution in [0.4, 0.5) is 23.2 Å². The number of halogens is 6. The molecule has 0 fully saturated rings. The van der Waals surface area contributed by atoms with Crippen LogP contribution in [-0.4, -0.2) is 30.0 Å².